The molecule has 0 spiro atoms. The van der Waals surface area contributed by atoms with E-state index in [2.05, 4.69) is 97.1 Å². The van der Waals surface area contributed by atoms with Crippen molar-refractivity contribution in [3.05, 3.63) is 97.1 Å². The van der Waals surface area contributed by atoms with Gasteiger partial charge in [0.2, 0.25) is 0 Å². The van der Waals surface area contributed by atoms with Crippen LogP contribution in [0.2, 0.25) is 0 Å². The van der Waals surface area contributed by atoms with Gasteiger partial charge in [0.05, 0.1) is 41.4 Å². The summed E-state index contributed by atoms with van der Waals surface area (Å²) in [6.07, 6.45) is 4.02. The van der Waals surface area contributed by atoms with E-state index in [-0.39, 0.29) is 21.8 Å². The summed E-state index contributed by atoms with van der Waals surface area (Å²) in [7, 11) is 0.248. The molecular formula is C29H24F12S4Sb2. The topological polar surface area (TPSA) is 0 Å². The monoisotopic (exact) mass is 970 g/mol. The Hall–Kier alpha value is -0.924. The quantitative estimate of drug-likeness (QED) is 0.112. The summed E-state index contributed by atoms with van der Waals surface area (Å²) >= 11 is -18.6. The molecule has 1 aliphatic carbocycles. The summed E-state index contributed by atoms with van der Waals surface area (Å²) in [4.78, 5) is 12.2. The largest absolute Gasteiger partial charge is 0.177 e. The molecule has 3 aliphatic rings. The van der Waals surface area contributed by atoms with Crippen LogP contribution in [0, 0.1) is 0 Å². The second-order valence-corrected chi connectivity index (χ2v) is 28.0. The van der Waals surface area contributed by atoms with Gasteiger partial charge in [-0.3, -0.25) is 0 Å². The summed E-state index contributed by atoms with van der Waals surface area (Å²) < 4.78 is 119. The summed E-state index contributed by atoms with van der Waals surface area (Å²) in [5.74, 6) is 0. The van der Waals surface area contributed by atoms with Crippen LogP contribution in [0.1, 0.15) is 19.3 Å². The van der Waals surface area contributed by atoms with Gasteiger partial charge in [0.15, 0.2) is 30.1 Å². The molecule has 47 heavy (non-hydrogen) atoms. The molecule has 1 saturated carbocycles. The average Bonchev–Trinajstić information content (AvgIpc) is 3.40. The molecule has 2 aliphatic heterocycles. The van der Waals surface area contributed by atoms with Gasteiger partial charge in [0.1, 0.15) is 0 Å². The summed E-state index contributed by atoms with van der Waals surface area (Å²) in [5.41, 5.74) is 0. The molecule has 0 aromatic heterocycles. The summed E-state index contributed by atoms with van der Waals surface area (Å²) in [6, 6.07) is 36.8. The third-order valence-corrected chi connectivity index (χ3v) is 15.4. The Morgan fingerprint density at radius 3 is 0.851 bits per heavy atom. The van der Waals surface area contributed by atoms with Gasteiger partial charge >= 0.3 is 72.7 Å². The van der Waals surface area contributed by atoms with Crippen molar-refractivity contribution >= 4 is 84.3 Å². The Morgan fingerprint density at radius 1 is 0.404 bits per heavy atom. The van der Waals surface area contributed by atoms with Crippen LogP contribution in [0.4, 0.5) is 33.8 Å². The first-order chi connectivity index (χ1) is 21.3. The molecule has 4 aromatic rings. The predicted molar refractivity (Wildman–Crippen MR) is 168 cm³/mol. The van der Waals surface area contributed by atoms with E-state index in [9.17, 15) is 33.8 Å². The maximum atomic E-state index is 9.93. The molecule has 258 valence electrons. The van der Waals surface area contributed by atoms with Gasteiger partial charge in [0, 0.05) is 12.8 Å². The third kappa shape index (κ3) is 11.6. The van der Waals surface area contributed by atoms with Crippen LogP contribution < -0.4 is 0 Å². The number of benzene rings is 4. The maximum Gasteiger partial charge on any atom is 0.177 e. The van der Waals surface area contributed by atoms with E-state index in [1.54, 1.807) is 19.6 Å². The fourth-order valence-electron chi connectivity index (χ4n) is 5.42. The van der Waals surface area contributed by atoms with Crippen LogP contribution in [0.3, 0.4) is 0 Å². The van der Waals surface area contributed by atoms with Crippen LogP contribution in [0.5, 0.6) is 0 Å². The summed E-state index contributed by atoms with van der Waals surface area (Å²) in [6.45, 7) is 0. The Bertz CT molecular complexity index is 1560. The second-order valence-electron chi connectivity index (χ2n) is 10.6. The minimum Gasteiger partial charge on any atom is -0.0795 e. The van der Waals surface area contributed by atoms with Gasteiger partial charge < -0.3 is 0 Å². The minimum atomic E-state index is -11.2. The van der Waals surface area contributed by atoms with Gasteiger partial charge in [-0.15, -0.1) is 0 Å². The van der Waals surface area contributed by atoms with Crippen LogP contribution in [0.25, 0.3) is 0 Å². The molecule has 2 unspecified atom stereocenters. The summed E-state index contributed by atoms with van der Waals surface area (Å²) in [5, 5.41) is 1.39. The molecule has 0 saturated heterocycles. The molecule has 0 bridgehead atoms. The average molecular weight is 972 g/mol. The smallest absolute Gasteiger partial charge is 0.0795 e. The van der Waals surface area contributed by atoms with Gasteiger partial charge in [0.25, 0.3) is 0 Å². The predicted octanol–water partition coefficient (Wildman–Crippen LogP) is 12.6. The zero-order valence-corrected chi connectivity index (χ0v) is 31.9. The molecule has 0 nitrogen and oxygen atoms in total. The molecular weight excluding hydrogens is 948 g/mol. The van der Waals surface area contributed by atoms with E-state index < -0.39 is 39.0 Å². The van der Waals surface area contributed by atoms with Crippen LogP contribution in [0.15, 0.2) is 136 Å². The molecule has 2 atom stereocenters. The van der Waals surface area contributed by atoms with Crippen molar-refractivity contribution in [1.82, 2.24) is 0 Å². The van der Waals surface area contributed by atoms with E-state index >= 15 is 0 Å². The normalized spacial score (nSPS) is 22.1. The SMILES string of the molecule is [F][Sb-]([F])([F])([F])([F])[F].[F][Sb-]([F])([F])([F])([F])[F].c1ccc2c(c1)Sc1ccccc1[S+]2C1CCCC1[S+]1c2ccccc2Sc2ccccc21. The molecule has 7 rings (SSSR count). The van der Waals surface area contributed by atoms with Crippen LogP contribution in [-0.2, 0) is 21.8 Å². The third-order valence-electron chi connectivity index (χ3n) is 6.78. The Balaban J connectivity index is 0.000000262. The Labute approximate surface area is 281 Å². The zero-order chi connectivity index (χ0) is 34.6. The first-order valence-electron chi connectivity index (χ1n) is 13.6. The molecule has 0 amide bonds. The minimum absolute atomic E-state index is 0.124. The number of hydrogen-bond donors (Lipinski definition) is 0. The molecule has 4 aromatic carbocycles. The maximum absolute atomic E-state index is 11.2. The van der Waals surface area contributed by atoms with Crippen molar-refractivity contribution < 1.29 is 33.8 Å². The van der Waals surface area contributed by atoms with Gasteiger partial charge in [-0.1, -0.05) is 72.1 Å². The van der Waals surface area contributed by atoms with Crippen molar-refractivity contribution in [3.63, 3.8) is 0 Å². The second kappa shape index (κ2) is 11.8. The van der Waals surface area contributed by atoms with Gasteiger partial charge in [-0.05, 0) is 55.0 Å². The van der Waals surface area contributed by atoms with E-state index in [1.165, 1.54) is 38.8 Å². The Morgan fingerprint density at radius 2 is 0.617 bits per heavy atom. The van der Waals surface area contributed by atoms with E-state index in [1.807, 2.05) is 23.5 Å². The van der Waals surface area contributed by atoms with E-state index in [0.717, 1.165) is 0 Å². The zero-order valence-electron chi connectivity index (χ0n) is 23.6. The standard InChI is InChI=1S/C29H24S4.12FH.2Sb/c1-5-14-24-20(10-1)30-21-11-2-6-15-25(21)32(24)28-18-9-19-29(28)33-26-16-7-3-12-22(26)31-23-13-4-8-17-27(23)33;;;;;;;;;;;;;;/h1-8,10-17,28-29H,9,18-19H2;12*1H;;/q+2;;;;;;;;;;;;;2*+5/p-12. The van der Waals surface area contributed by atoms with Crippen molar-refractivity contribution in [2.75, 3.05) is 0 Å². The molecule has 1 fully saturated rings. The first kappa shape index (κ1) is 37.3. The number of halogens is 12. The number of rotatable bonds is 2. The molecule has 18 heteroatoms. The van der Waals surface area contributed by atoms with Crippen molar-refractivity contribution in [2.45, 2.75) is 68.9 Å². The fraction of sp³-hybridized carbons (Fsp3) is 0.172. The molecule has 0 radical (unpaired) electrons. The van der Waals surface area contributed by atoms with E-state index in [0.29, 0.717) is 10.5 Å². The van der Waals surface area contributed by atoms with E-state index in [4.69, 9.17) is 0 Å². The van der Waals surface area contributed by atoms with Crippen molar-refractivity contribution in [1.29, 1.82) is 0 Å². The number of fused-ring (bicyclic) bond motifs is 4. The van der Waals surface area contributed by atoms with Gasteiger partial charge in [-0.25, -0.2) is 0 Å². The fourth-order valence-corrected chi connectivity index (χ4v) is 14.9. The van der Waals surface area contributed by atoms with Crippen molar-refractivity contribution in [2.24, 2.45) is 0 Å². The first-order valence-corrected chi connectivity index (χ1v) is 29.4. The molecule has 2 heterocycles. The van der Waals surface area contributed by atoms with Gasteiger partial charge in [-0.2, -0.15) is 0 Å². The number of hydrogen-bond acceptors (Lipinski definition) is 2. The van der Waals surface area contributed by atoms with Crippen LogP contribution >= 0.6 is 23.5 Å². The molecule has 0 N–H and O–H groups in total. The van der Waals surface area contributed by atoms with Crippen molar-refractivity contribution in [3.8, 4) is 0 Å². The Kier molecular flexibility index (Phi) is 9.39. The van der Waals surface area contributed by atoms with Crippen LogP contribution in [-0.4, -0.2) is 49.5 Å².